The average Bonchev–Trinajstić information content (AvgIpc) is 2.67. The second-order valence-electron chi connectivity index (χ2n) is 6.41. The van der Waals surface area contributed by atoms with Gasteiger partial charge in [0.25, 0.3) is 0 Å². The Morgan fingerprint density at radius 2 is 2.00 bits per heavy atom. The summed E-state index contributed by atoms with van der Waals surface area (Å²) in [7, 11) is 0. The van der Waals surface area contributed by atoms with Crippen LogP contribution in [0.5, 0.6) is 0 Å². The summed E-state index contributed by atoms with van der Waals surface area (Å²) in [6, 6.07) is 6.39. The Hall–Kier alpha value is -2.47. The summed E-state index contributed by atoms with van der Waals surface area (Å²) in [6.07, 6.45) is 7.14. The van der Waals surface area contributed by atoms with Gasteiger partial charge in [0.2, 0.25) is 0 Å². The van der Waals surface area contributed by atoms with E-state index in [1.165, 1.54) is 12.1 Å². The third-order valence-electron chi connectivity index (χ3n) is 4.44. The van der Waals surface area contributed by atoms with Crippen LogP contribution in [0.2, 0.25) is 0 Å². The molecule has 0 spiro atoms. The molecule has 0 aromatic heterocycles. The molecule has 1 saturated heterocycles. The lowest BCUT2D eigenvalue weighted by atomic mass is 10.1. The summed E-state index contributed by atoms with van der Waals surface area (Å²) >= 11 is 0. The largest absolute Gasteiger partial charge is 0.354 e. The normalized spacial score (nSPS) is 18.3. The molecule has 1 aromatic rings. The number of hydrogen-bond donors (Lipinski definition) is 1. The van der Waals surface area contributed by atoms with Crippen LogP contribution in [0.3, 0.4) is 0 Å². The highest BCUT2D eigenvalue weighted by atomic mass is 19.1. The summed E-state index contributed by atoms with van der Waals surface area (Å²) in [4.78, 5) is 6.89. The molecule has 26 heavy (non-hydrogen) atoms. The molecule has 1 fully saturated rings. The van der Waals surface area contributed by atoms with E-state index in [1.54, 1.807) is 12.1 Å². The smallest absolute Gasteiger partial charge is 0.149 e. The van der Waals surface area contributed by atoms with Crippen molar-refractivity contribution in [1.82, 2.24) is 15.2 Å². The Balaban J connectivity index is 1.89. The second kappa shape index (κ2) is 8.76. The van der Waals surface area contributed by atoms with Crippen molar-refractivity contribution in [2.24, 2.45) is 10.1 Å². The van der Waals surface area contributed by atoms with Gasteiger partial charge in [0.15, 0.2) is 0 Å². The fourth-order valence-corrected chi connectivity index (χ4v) is 2.98. The number of hydrogen-bond acceptors (Lipinski definition) is 5. The highest BCUT2D eigenvalue weighted by molar-refractivity contribution is 6.10. The molecule has 3 rings (SSSR count). The van der Waals surface area contributed by atoms with Gasteiger partial charge in [-0.15, -0.1) is 0 Å². The average molecular weight is 355 g/mol. The molecule has 2 heterocycles. The highest BCUT2D eigenvalue weighted by Gasteiger charge is 2.25. The number of allylic oxidation sites excluding steroid dienone is 1. The van der Waals surface area contributed by atoms with Crippen LogP contribution in [0, 0.1) is 5.82 Å². The molecule has 0 radical (unpaired) electrons. The lowest BCUT2D eigenvalue weighted by Crippen LogP contribution is -2.46. The Labute approximate surface area is 154 Å². The van der Waals surface area contributed by atoms with Gasteiger partial charge >= 0.3 is 0 Å². The van der Waals surface area contributed by atoms with Crippen molar-refractivity contribution in [3.05, 3.63) is 59.9 Å². The number of halogens is 1. The molecular weight excluding hydrogens is 329 g/mol. The molecule has 138 valence electrons. The standard InChI is InChI=1S/C20H26FN5/c1-3-4-5-10-23-26-16(2)24-19(17-6-8-18(21)9-7-17)15-20(26)25-13-11-22-12-14-25/h6-10,15,22H,2-5,11-14H2,1H3/b23-10-. The van der Waals surface area contributed by atoms with Crippen molar-refractivity contribution in [2.45, 2.75) is 26.2 Å². The van der Waals surface area contributed by atoms with Gasteiger partial charge in [0.1, 0.15) is 17.5 Å². The zero-order chi connectivity index (χ0) is 18.4. The molecule has 2 aliphatic heterocycles. The molecule has 0 atom stereocenters. The molecule has 0 bridgehead atoms. The molecule has 6 heteroatoms. The minimum Gasteiger partial charge on any atom is -0.354 e. The van der Waals surface area contributed by atoms with E-state index in [1.807, 2.05) is 17.3 Å². The fourth-order valence-electron chi connectivity index (χ4n) is 2.98. The van der Waals surface area contributed by atoms with Crippen LogP contribution in [-0.4, -0.2) is 48.0 Å². The van der Waals surface area contributed by atoms with E-state index in [-0.39, 0.29) is 5.82 Å². The van der Waals surface area contributed by atoms with Crippen molar-refractivity contribution in [2.75, 3.05) is 26.2 Å². The minimum absolute atomic E-state index is 0.252. The van der Waals surface area contributed by atoms with Gasteiger partial charge in [-0.25, -0.2) is 14.4 Å². The third-order valence-corrected chi connectivity index (χ3v) is 4.44. The molecule has 0 saturated carbocycles. The van der Waals surface area contributed by atoms with Gasteiger partial charge in [-0.1, -0.05) is 19.9 Å². The predicted octanol–water partition coefficient (Wildman–Crippen LogP) is 3.32. The Bertz CT molecular complexity index is 714. The van der Waals surface area contributed by atoms with Crippen LogP contribution in [0.25, 0.3) is 0 Å². The Kier molecular flexibility index (Phi) is 6.17. The topological polar surface area (TPSA) is 43.2 Å². The number of aliphatic imine (C=N–C) groups is 1. The van der Waals surface area contributed by atoms with Gasteiger partial charge in [-0.3, -0.25) is 0 Å². The molecule has 0 amide bonds. The van der Waals surface area contributed by atoms with Crippen molar-refractivity contribution < 1.29 is 4.39 Å². The van der Waals surface area contributed by atoms with E-state index < -0.39 is 0 Å². The predicted molar refractivity (Wildman–Crippen MR) is 104 cm³/mol. The fraction of sp³-hybridized carbons (Fsp3) is 0.400. The van der Waals surface area contributed by atoms with E-state index in [4.69, 9.17) is 0 Å². The van der Waals surface area contributed by atoms with Gasteiger partial charge < -0.3 is 10.2 Å². The zero-order valence-electron chi connectivity index (χ0n) is 15.3. The van der Waals surface area contributed by atoms with E-state index in [0.717, 1.165) is 62.5 Å². The van der Waals surface area contributed by atoms with E-state index in [9.17, 15) is 4.39 Å². The molecule has 0 aliphatic carbocycles. The first-order valence-corrected chi connectivity index (χ1v) is 9.22. The van der Waals surface area contributed by atoms with Crippen molar-refractivity contribution in [3.63, 3.8) is 0 Å². The number of nitrogens with one attached hydrogen (secondary N) is 1. The maximum Gasteiger partial charge on any atom is 0.149 e. The van der Waals surface area contributed by atoms with Crippen LogP contribution in [-0.2, 0) is 0 Å². The third kappa shape index (κ3) is 4.38. The molecule has 5 nitrogen and oxygen atoms in total. The number of nitrogens with zero attached hydrogens (tertiary/aromatic N) is 4. The van der Waals surface area contributed by atoms with E-state index in [0.29, 0.717) is 5.82 Å². The Morgan fingerprint density at radius 3 is 2.69 bits per heavy atom. The highest BCUT2D eigenvalue weighted by Crippen LogP contribution is 2.25. The SMILES string of the molecule is C=C1N=C(c2ccc(F)cc2)C=C(N2CCNCC2)N1/N=C\CCCC. The van der Waals surface area contributed by atoms with Crippen molar-refractivity contribution in [3.8, 4) is 0 Å². The number of benzene rings is 1. The summed E-state index contributed by atoms with van der Waals surface area (Å²) in [6.45, 7) is 9.93. The number of unbranched alkanes of at least 4 members (excludes halogenated alkanes) is 2. The van der Waals surface area contributed by atoms with Gasteiger partial charge in [0.05, 0.1) is 5.71 Å². The monoisotopic (exact) mass is 355 g/mol. The summed E-state index contributed by atoms with van der Waals surface area (Å²) in [5.41, 5.74) is 1.65. The van der Waals surface area contributed by atoms with Crippen LogP contribution >= 0.6 is 0 Å². The molecule has 0 unspecified atom stereocenters. The molecule has 1 N–H and O–H groups in total. The van der Waals surface area contributed by atoms with Crippen LogP contribution < -0.4 is 5.32 Å². The number of hydrazone groups is 1. The molecule has 1 aromatic carbocycles. The number of rotatable bonds is 6. The van der Waals surface area contributed by atoms with Crippen LogP contribution in [0.1, 0.15) is 31.7 Å². The van der Waals surface area contributed by atoms with Crippen LogP contribution in [0.15, 0.2) is 58.7 Å². The maximum atomic E-state index is 13.2. The minimum atomic E-state index is -0.252. The maximum absolute atomic E-state index is 13.2. The van der Waals surface area contributed by atoms with Gasteiger partial charge in [-0.05, 0) is 37.1 Å². The van der Waals surface area contributed by atoms with Gasteiger partial charge in [0, 0.05) is 44.0 Å². The van der Waals surface area contributed by atoms with E-state index in [2.05, 4.69) is 33.8 Å². The van der Waals surface area contributed by atoms with Crippen LogP contribution in [0.4, 0.5) is 4.39 Å². The summed E-state index contributed by atoms with van der Waals surface area (Å²) < 4.78 is 13.2. The number of piperazine rings is 1. The van der Waals surface area contributed by atoms with Crippen molar-refractivity contribution >= 4 is 11.9 Å². The summed E-state index contributed by atoms with van der Waals surface area (Å²) in [5, 5.41) is 9.79. The molecule has 2 aliphatic rings. The summed E-state index contributed by atoms with van der Waals surface area (Å²) in [5.74, 6) is 1.30. The second-order valence-corrected chi connectivity index (χ2v) is 6.41. The van der Waals surface area contributed by atoms with Crippen molar-refractivity contribution in [1.29, 1.82) is 0 Å². The molecular formula is C20H26FN5. The first-order chi connectivity index (χ1) is 12.7. The lowest BCUT2D eigenvalue weighted by molar-refractivity contribution is 0.220. The van der Waals surface area contributed by atoms with E-state index >= 15 is 0 Å². The first-order valence-electron chi connectivity index (χ1n) is 9.22. The lowest BCUT2D eigenvalue weighted by Gasteiger charge is -2.37. The quantitative estimate of drug-likeness (QED) is 0.629. The first kappa shape index (κ1) is 18.3. The Morgan fingerprint density at radius 1 is 1.27 bits per heavy atom. The zero-order valence-corrected chi connectivity index (χ0v) is 15.3. The van der Waals surface area contributed by atoms with Gasteiger partial charge in [-0.2, -0.15) is 5.10 Å².